The summed E-state index contributed by atoms with van der Waals surface area (Å²) < 4.78 is 15.5. The summed E-state index contributed by atoms with van der Waals surface area (Å²) in [6.07, 6.45) is 3.11. The molecule has 0 saturated carbocycles. The van der Waals surface area contributed by atoms with Crippen molar-refractivity contribution in [2.24, 2.45) is 0 Å². The smallest absolute Gasteiger partial charge is 0.305 e. The van der Waals surface area contributed by atoms with Crippen LogP contribution in [-0.4, -0.2) is 9.13 Å². The van der Waals surface area contributed by atoms with E-state index in [9.17, 15) is 14.0 Å². The molecule has 0 saturated heterocycles. The summed E-state index contributed by atoms with van der Waals surface area (Å²) in [6, 6.07) is 14.8. The Labute approximate surface area is 125 Å². The highest BCUT2D eigenvalue weighted by Crippen LogP contribution is 2.05. The molecule has 4 nitrogen and oxygen atoms in total. The molecule has 0 radical (unpaired) electrons. The molecule has 110 valence electrons. The Morgan fingerprint density at radius 1 is 0.818 bits per heavy atom. The molecule has 5 heteroatoms. The lowest BCUT2D eigenvalue weighted by molar-refractivity contribution is 0.625. The number of aromatic nitrogens is 2. The molecule has 1 aromatic heterocycles. The van der Waals surface area contributed by atoms with Crippen LogP contribution in [0.4, 0.5) is 4.39 Å². The Morgan fingerprint density at radius 2 is 1.50 bits per heavy atom. The predicted octanol–water partition coefficient (Wildman–Crippen LogP) is 2.19. The lowest BCUT2D eigenvalue weighted by atomic mass is 10.2. The Bertz CT molecular complexity index is 896. The zero-order chi connectivity index (χ0) is 15.5. The molecule has 0 spiro atoms. The molecule has 3 rings (SSSR count). The van der Waals surface area contributed by atoms with Gasteiger partial charge in [0, 0.05) is 18.1 Å². The highest BCUT2D eigenvalue weighted by molar-refractivity contribution is 5.31. The van der Waals surface area contributed by atoms with Crippen LogP contribution >= 0.6 is 0 Å². The first-order valence-electron chi connectivity index (χ1n) is 6.77. The highest BCUT2D eigenvalue weighted by atomic mass is 19.1. The quantitative estimate of drug-likeness (QED) is 0.695. The van der Waals surface area contributed by atoms with Gasteiger partial charge in [0.2, 0.25) is 0 Å². The summed E-state index contributed by atoms with van der Waals surface area (Å²) in [6.45, 7) is 0.226. The van der Waals surface area contributed by atoms with Crippen molar-refractivity contribution in [2.75, 3.05) is 0 Å². The molecular formula is C17H13FN2O2. The van der Waals surface area contributed by atoms with Crippen molar-refractivity contribution in [1.82, 2.24) is 9.13 Å². The van der Waals surface area contributed by atoms with Gasteiger partial charge in [0.05, 0.1) is 6.54 Å². The minimum Gasteiger partial charge on any atom is -0.305 e. The van der Waals surface area contributed by atoms with E-state index in [0.717, 1.165) is 5.56 Å². The molecule has 0 unspecified atom stereocenters. The van der Waals surface area contributed by atoms with Gasteiger partial charge in [-0.1, -0.05) is 30.3 Å². The van der Waals surface area contributed by atoms with E-state index in [0.29, 0.717) is 5.69 Å². The van der Waals surface area contributed by atoms with Crippen LogP contribution in [0.1, 0.15) is 5.56 Å². The summed E-state index contributed by atoms with van der Waals surface area (Å²) in [5, 5.41) is 0. The summed E-state index contributed by atoms with van der Waals surface area (Å²) in [7, 11) is 0. The number of para-hydroxylation sites is 1. The standard InChI is InChI=1S/C17H13FN2O2/c18-14-8-6-13(7-9-14)12-19-10-11-20(17(22)16(19)21)15-4-2-1-3-5-15/h1-11H,12H2. The molecule has 0 atom stereocenters. The normalized spacial score (nSPS) is 10.6. The van der Waals surface area contributed by atoms with E-state index in [1.54, 1.807) is 48.8 Å². The second kappa shape index (κ2) is 5.81. The van der Waals surface area contributed by atoms with Crippen molar-refractivity contribution in [3.05, 3.63) is 99.1 Å². The molecule has 0 aliphatic carbocycles. The average molecular weight is 296 g/mol. The van der Waals surface area contributed by atoms with E-state index < -0.39 is 11.1 Å². The Hall–Kier alpha value is -2.95. The van der Waals surface area contributed by atoms with Crippen molar-refractivity contribution in [2.45, 2.75) is 6.54 Å². The van der Waals surface area contributed by atoms with Gasteiger partial charge in [0.1, 0.15) is 5.82 Å². The molecule has 0 fully saturated rings. The van der Waals surface area contributed by atoms with Gasteiger partial charge in [0.15, 0.2) is 0 Å². The number of benzene rings is 2. The number of hydrogen-bond acceptors (Lipinski definition) is 2. The monoisotopic (exact) mass is 296 g/mol. The van der Waals surface area contributed by atoms with Crippen molar-refractivity contribution >= 4 is 0 Å². The fourth-order valence-corrected chi connectivity index (χ4v) is 2.21. The second-order valence-corrected chi connectivity index (χ2v) is 4.87. The van der Waals surface area contributed by atoms with Gasteiger partial charge in [-0.3, -0.25) is 14.2 Å². The SMILES string of the molecule is O=c1c(=O)n(-c2ccccc2)ccn1Cc1ccc(F)cc1. The van der Waals surface area contributed by atoms with Gasteiger partial charge in [-0.05, 0) is 29.8 Å². The predicted molar refractivity (Wildman–Crippen MR) is 81.8 cm³/mol. The second-order valence-electron chi connectivity index (χ2n) is 4.87. The molecule has 0 amide bonds. The minimum atomic E-state index is -0.615. The first kappa shape index (κ1) is 14.0. The van der Waals surface area contributed by atoms with E-state index in [2.05, 4.69) is 0 Å². The van der Waals surface area contributed by atoms with Crippen LogP contribution in [0, 0.1) is 5.82 Å². The molecule has 0 N–H and O–H groups in total. The third-order valence-electron chi connectivity index (χ3n) is 3.36. The van der Waals surface area contributed by atoms with Gasteiger partial charge in [-0.2, -0.15) is 0 Å². The van der Waals surface area contributed by atoms with Crippen LogP contribution in [0.5, 0.6) is 0 Å². The van der Waals surface area contributed by atoms with Crippen molar-refractivity contribution < 1.29 is 4.39 Å². The first-order valence-corrected chi connectivity index (χ1v) is 6.77. The molecule has 0 bridgehead atoms. The number of hydrogen-bond donors (Lipinski definition) is 0. The van der Waals surface area contributed by atoms with E-state index in [4.69, 9.17) is 0 Å². The zero-order valence-electron chi connectivity index (χ0n) is 11.6. The average Bonchev–Trinajstić information content (AvgIpc) is 2.55. The maximum atomic E-state index is 12.9. The fraction of sp³-hybridized carbons (Fsp3) is 0.0588. The molecule has 3 aromatic rings. The third-order valence-corrected chi connectivity index (χ3v) is 3.36. The number of halogens is 1. The Balaban J connectivity index is 1.99. The van der Waals surface area contributed by atoms with E-state index in [-0.39, 0.29) is 12.4 Å². The van der Waals surface area contributed by atoms with E-state index >= 15 is 0 Å². The van der Waals surface area contributed by atoms with Crippen molar-refractivity contribution in [3.63, 3.8) is 0 Å². The molecule has 22 heavy (non-hydrogen) atoms. The lowest BCUT2D eigenvalue weighted by Crippen LogP contribution is -2.40. The van der Waals surface area contributed by atoms with Crippen LogP contribution < -0.4 is 11.1 Å². The molecule has 0 aliphatic heterocycles. The van der Waals surface area contributed by atoms with Gasteiger partial charge in [-0.25, -0.2) is 4.39 Å². The van der Waals surface area contributed by atoms with Gasteiger partial charge in [0.25, 0.3) is 0 Å². The Kier molecular flexibility index (Phi) is 3.70. The Morgan fingerprint density at radius 3 is 2.18 bits per heavy atom. The van der Waals surface area contributed by atoms with Crippen molar-refractivity contribution in [3.8, 4) is 5.69 Å². The summed E-state index contributed by atoms with van der Waals surface area (Å²) in [5.41, 5.74) is 0.158. The van der Waals surface area contributed by atoms with Crippen LogP contribution in [0.3, 0.4) is 0 Å². The number of rotatable bonds is 3. The minimum absolute atomic E-state index is 0.226. The highest BCUT2D eigenvalue weighted by Gasteiger charge is 2.07. The maximum absolute atomic E-state index is 12.9. The summed E-state index contributed by atoms with van der Waals surface area (Å²) >= 11 is 0. The van der Waals surface area contributed by atoms with Crippen LogP contribution in [0.15, 0.2) is 76.6 Å². The van der Waals surface area contributed by atoms with Gasteiger partial charge in [-0.15, -0.1) is 0 Å². The van der Waals surface area contributed by atoms with Crippen LogP contribution in [0.25, 0.3) is 5.69 Å². The van der Waals surface area contributed by atoms with Gasteiger partial charge < -0.3 is 4.57 Å². The summed E-state index contributed by atoms with van der Waals surface area (Å²) in [5.74, 6) is -0.337. The maximum Gasteiger partial charge on any atom is 0.320 e. The van der Waals surface area contributed by atoms with Crippen molar-refractivity contribution in [1.29, 1.82) is 0 Å². The number of nitrogens with zero attached hydrogens (tertiary/aromatic N) is 2. The third kappa shape index (κ3) is 2.74. The molecule has 1 heterocycles. The van der Waals surface area contributed by atoms with Crippen LogP contribution in [-0.2, 0) is 6.54 Å². The van der Waals surface area contributed by atoms with E-state index in [1.165, 1.54) is 21.3 Å². The molecular weight excluding hydrogens is 283 g/mol. The summed E-state index contributed by atoms with van der Waals surface area (Å²) in [4.78, 5) is 24.4. The topological polar surface area (TPSA) is 44.0 Å². The largest absolute Gasteiger partial charge is 0.320 e. The molecule has 0 aliphatic rings. The van der Waals surface area contributed by atoms with E-state index in [1.807, 2.05) is 6.07 Å². The zero-order valence-corrected chi connectivity index (χ0v) is 11.6. The van der Waals surface area contributed by atoms with Gasteiger partial charge >= 0.3 is 11.1 Å². The molecule has 2 aromatic carbocycles. The first-order chi connectivity index (χ1) is 10.6. The fourth-order valence-electron chi connectivity index (χ4n) is 2.21. The van der Waals surface area contributed by atoms with Crippen LogP contribution in [0.2, 0.25) is 0 Å². The lowest BCUT2D eigenvalue weighted by Gasteiger charge is -2.09.